The predicted molar refractivity (Wildman–Crippen MR) is 101 cm³/mol. The van der Waals surface area contributed by atoms with Gasteiger partial charge in [-0.15, -0.1) is 11.3 Å². The highest BCUT2D eigenvalue weighted by atomic mass is 32.1. The van der Waals surface area contributed by atoms with E-state index < -0.39 is 0 Å². The average Bonchev–Trinajstić information content (AvgIpc) is 2.60. The molecule has 0 amide bonds. The van der Waals surface area contributed by atoms with E-state index in [0.717, 1.165) is 32.7 Å². The third kappa shape index (κ3) is 2.94. The molecule has 0 radical (unpaired) electrons. The van der Waals surface area contributed by atoms with Gasteiger partial charge in [0.25, 0.3) is 0 Å². The maximum absolute atomic E-state index is 5.89. The molecule has 0 saturated carbocycles. The van der Waals surface area contributed by atoms with Crippen LogP contribution in [0.4, 0.5) is 5.69 Å². The number of para-hydroxylation sites is 1. The topological polar surface area (TPSA) is 51.3 Å². The van der Waals surface area contributed by atoms with Gasteiger partial charge in [-0.25, -0.2) is 9.98 Å². The van der Waals surface area contributed by atoms with Gasteiger partial charge in [0.05, 0.1) is 31.8 Å². The minimum atomic E-state index is 0.0425. The van der Waals surface area contributed by atoms with Gasteiger partial charge in [0.2, 0.25) is 0 Å². The molecule has 4 heteroatoms. The molecule has 0 fully saturated rings. The molecule has 1 heterocycles. The average molecular weight is 331 g/mol. The van der Waals surface area contributed by atoms with Crippen molar-refractivity contribution in [3.63, 3.8) is 0 Å². The predicted octanol–water partition coefficient (Wildman–Crippen LogP) is 4.65. The van der Waals surface area contributed by atoms with Crippen LogP contribution in [0.2, 0.25) is 0 Å². The van der Waals surface area contributed by atoms with Crippen molar-refractivity contribution < 1.29 is 0 Å². The van der Waals surface area contributed by atoms with Gasteiger partial charge in [-0.1, -0.05) is 24.3 Å². The number of hydrogen-bond donors (Lipinski definition) is 1. The first-order chi connectivity index (χ1) is 11.7. The molecule has 4 rings (SSSR count). The molecule has 1 aliphatic carbocycles. The summed E-state index contributed by atoms with van der Waals surface area (Å²) in [5.74, 6) is 0. The van der Waals surface area contributed by atoms with Gasteiger partial charge >= 0.3 is 0 Å². The maximum Gasteiger partial charge on any atom is 0.0811 e. The quantitative estimate of drug-likeness (QED) is 0.543. The summed E-state index contributed by atoms with van der Waals surface area (Å²) in [4.78, 5) is 10.6. The number of nitrogens with two attached hydrogens (primary N) is 1. The van der Waals surface area contributed by atoms with Crippen molar-refractivity contribution >= 4 is 27.2 Å². The smallest absolute Gasteiger partial charge is 0.0811 e. The first-order valence-corrected chi connectivity index (χ1v) is 8.71. The van der Waals surface area contributed by atoms with Crippen molar-refractivity contribution in [2.24, 2.45) is 10.7 Å². The molecular weight excluding hydrogens is 314 g/mol. The van der Waals surface area contributed by atoms with Gasteiger partial charge in [0.1, 0.15) is 0 Å². The Balaban J connectivity index is 1.79. The van der Waals surface area contributed by atoms with Crippen molar-refractivity contribution in [2.75, 3.05) is 0 Å². The number of fused-ring (bicyclic) bond motifs is 2. The lowest BCUT2D eigenvalue weighted by Gasteiger charge is -2.06. The molecule has 0 aromatic heterocycles. The molecule has 118 valence electrons. The highest BCUT2D eigenvalue weighted by molar-refractivity contribution is 7.21. The van der Waals surface area contributed by atoms with Crippen LogP contribution in [0.15, 0.2) is 71.7 Å². The van der Waals surface area contributed by atoms with Gasteiger partial charge in [-0.3, -0.25) is 0 Å². The van der Waals surface area contributed by atoms with E-state index in [2.05, 4.69) is 12.1 Å². The van der Waals surface area contributed by atoms with Gasteiger partial charge < -0.3 is 5.73 Å². The van der Waals surface area contributed by atoms with Crippen LogP contribution in [0.1, 0.15) is 18.5 Å². The van der Waals surface area contributed by atoms with Crippen LogP contribution in [0, 0.1) is 0 Å². The Morgan fingerprint density at radius 1 is 1.00 bits per heavy atom. The Kier molecular flexibility index (Phi) is 3.84. The Morgan fingerprint density at radius 2 is 1.79 bits per heavy atom. The van der Waals surface area contributed by atoms with Crippen LogP contribution < -0.4 is 11.1 Å². The molecule has 2 aliphatic rings. The summed E-state index contributed by atoms with van der Waals surface area (Å²) >= 11 is 1.74. The molecule has 2 N–H and O–H groups in total. The molecule has 0 bridgehead atoms. The summed E-state index contributed by atoms with van der Waals surface area (Å²) in [5, 5.41) is 0.935. The Labute approximate surface area is 144 Å². The van der Waals surface area contributed by atoms with E-state index in [9.17, 15) is 0 Å². The monoisotopic (exact) mass is 331 g/mol. The van der Waals surface area contributed by atoms with Gasteiger partial charge in [-0.05, 0) is 55.0 Å². The maximum atomic E-state index is 5.89. The van der Waals surface area contributed by atoms with E-state index in [1.54, 1.807) is 11.3 Å². The van der Waals surface area contributed by atoms with E-state index >= 15 is 0 Å². The Morgan fingerprint density at radius 3 is 2.58 bits per heavy atom. The van der Waals surface area contributed by atoms with Crippen molar-refractivity contribution in [2.45, 2.75) is 13.0 Å². The van der Waals surface area contributed by atoms with Crippen molar-refractivity contribution in [1.29, 1.82) is 0 Å². The van der Waals surface area contributed by atoms with Crippen LogP contribution in [-0.4, -0.2) is 4.98 Å². The highest BCUT2D eigenvalue weighted by Gasteiger charge is 2.06. The van der Waals surface area contributed by atoms with Crippen LogP contribution in [-0.2, 0) is 0 Å². The third-order valence-corrected chi connectivity index (χ3v) is 5.06. The molecule has 1 atom stereocenters. The minimum absolute atomic E-state index is 0.0425. The van der Waals surface area contributed by atoms with Crippen LogP contribution in [0.5, 0.6) is 0 Å². The number of benzene rings is 3. The second-order valence-corrected chi connectivity index (χ2v) is 6.91. The van der Waals surface area contributed by atoms with E-state index in [4.69, 9.17) is 15.7 Å². The second-order valence-electron chi connectivity index (χ2n) is 5.83. The lowest BCUT2D eigenvalue weighted by molar-refractivity contribution is 0.818. The third-order valence-electron chi connectivity index (χ3n) is 3.95. The number of hydrogen-bond acceptors (Lipinski definition) is 4. The van der Waals surface area contributed by atoms with Crippen molar-refractivity contribution in [3.05, 3.63) is 77.7 Å². The van der Waals surface area contributed by atoms with Gasteiger partial charge in [0, 0.05) is 6.04 Å². The Hall–Kier alpha value is -2.56. The summed E-state index contributed by atoms with van der Waals surface area (Å²) in [6.07, 6.45) is 0. The number of aromatic nitrogens is 1. The number of rotatable bonds is 2. The zero-order valence-corrected chi connectivity index (χ0v) is 14.1. The summed E-state index contributed by atoms with van der Waals surface area (Å²) < 4.78 is 1.18. The Bertz CT molecular complexity index is 1030. The fraction of sp³-hybridized carbons (Fsp3) is 0.100. The van der Waals surface area contributed by atoms with Crippen molar-refractivity contribution in [3.8, 4) is 10.6 Å². The zero-order valence-electron chi connectivity index (χ0n) is 13.3. The molecule has 1 unspecified atom stereocenters. The van der Waals surface area contributed by atoms with E-state index in [1.807, 2.05) is 61.5 Å². The highest BCUT2D eigenvalue weighted by Crippen LogP contribution is 2.29. The lowest BCUT2D eigenvalue weighted by Crippen LogP contribution is -2.04. The fourth-order valence-corrected chi connectivity index (χ4v) is 3.63. The van der Waals surface area contributed by atoms with Gasteiger partial charge in [0.15, 0.2) is 0 Å². The molecule has 3 nitrogen and oxygen atoms in total. The fourth-order valence-electron chi connectivity index (χ4n) is 2.63. The molecule has 2 aromatic rings. The van der Waals surface area contributed by atoms with Crippen LogP contribution >= 0.6 is 11.3 Å². The van der Waals surface area contributed by atoms with Gasteiger partial charge in [-0.2, -0.15) is 0 Å². The molecule has 24 heavy (non-hydrogen) atoms. The second kappa shape index (κ2) is 6.15. The first kappa shape index (κ1) is 15.0. The SMILES string of the molecule is CC(N)c1ccc(/N=c2/ccc3nc4ccccc4sc-3c2)cc1. The molecule has 2 aromatic carbocycles. The van der Waals surface area contributed by atoms with E-state index in [0.29, 0.717) is 0 Å². The normalized spacial score (nSPS) is 13.5. The molecule has 0 spiro atoms. The van der Waals surface area contributed by atoms with E-state index in [1.165, 1.54) is 4.70 Å². The van der Waals surface area contributed by atoms with E-state index in [-0.39, 0.29) is 6.04 Å². The summed E-state index contributed by atoms with van der Waals surface area (Å²) in [7, 11) is 0. The standard InChI is InChI=1S/C20H17N3S/c1-13(21)14-6-8-15(9-7-14)22-16-10-11-18-20(12-16)24-19-5-3-2-4-17(19)23-18/h2-13H,21H2,1H3/b22-16-. The minimum Gasteiger partial charge on any atom is -0.324 e. The number of nitrogens with zero attached hydrogens (tertiary/aromatic N) is 2. The molecule has 1 aliphatic heterocycles. The molecular formula is C20H17N3S. The zero-order chi connectivity index (χ0) is 16.5. The lowest BCUT2D eigenvalue weighted by atomic mass is 10.1. The van der Waals surface area contributed by atoms with Crippen LogP contribution in [0.3, 0.4) is 0 Å². The summed E-state index contributed by atoms with van der Waals surface area (Å²) in [6, 6.07) is 22.5. The first-order valence-electron chi connectivity index (χ1n) is 7.89. The van der Waals surface area contributed by atoms with Crippen LogP contribution in [0.25, 0.3) is 20.8 Å². The molecule has 0 saturated heterocycles. The van der Waals surface area contributed by atoms with Crippen molar-refractivity contribution in [1.82, 2.24) is 4.98 Å². The largest absolute Gasteiger partial charge is 0.324 e. The summed E-state index contributed by atoms with van der Waals surface area (Å²) in [5.41, 5.74) is 9.97. The summed E-state index contributed by atoms with van der Waals surface area (Å²) in [6.45, 7) is 1.98.